The number of fused-ring (bicyclic) bond motifs is 1. The average Bonchev–Trinajstić information content (AvgIpc) is 2.79. The van der Waals surface area contributed by atoms with Crippen molar-refractivity contribution >= 4 is 34.8 Å². The zero-order valence-corrected chi connectivity index (χ0v) is 18.6. The second-order valence-electron chi connectivity index (χ2n) is 7.65. The van der Waals surface area contributed by atoms with Crippen LogP contribution >= 0.6 is 11.6 Å². The molecule has 2 amide bonds. The molecule has 0 radical (unpaired) electrons. The van der Waals surface area contributed by atoms with Crippen molar-refractivity contribution in [2.75, 3.05) is 56.2 Å². The average molecular weight is 460 g/mol. The number of para-hydroxylation sites is 1. The lowest BCUT2D eigenvalue weighted by Gasteiger charge is -2.35. The van der Waals surface area contributed by atoms with Crippen molar-refractivity contribution < 1.29 is 23.8 Å². The zero-order valence-electron chi connectivity index (χ0n) is 17.9. The maximum absolute atomic E-state index is 12.7. The first-order chi connectivity index (χ1) is 15.5. The molecule has 2 heterocycles. The van der Waals surface area contributed by atoms with Crippen LogP contribution in [0.15, 0.2) is 42.5 Å². The molecule has 32 heavy (non-hydrogen) atoms. The van der Waals surface area contributed by atoms with Crippen molar-refractivity contribution in [1.82, 2.24) is 4.90 Å². The predicted molar refractivity (Wildman–Crippen MR) is 122 cm³/mol. The fraction of sp³-hybridized carbons (Fsp3) is 0.391. The molecule has 9 heteroatoms. The highest BCUT2D eigenvalue weighted by atomic mass is 35.5. The highest BCUT2D eigenvalue weighted by Crippen LogP contribution is 2.36. The molecule has 0 spiro atoms. The molecular formula is C23H26ClN3O5. The molecule has 2 aromatic carbocycles. The molecule has 0 aromatic heterocycles. The Morgan fingerprint density at radius 3 is 2.75 bits per heavy atom. The summed E-state index contributed by atoms with van der Waals surface area (Å²) in [6.07, 6.45) is -0.596. The maximum atomic E-state index is 12.7. The van der Waals surface area contributed by atoms with E-state index in [0.717, 1.165) is 19.6 Å². The third-order valence-electron chi connectivity index (χ3n) is 5.39. The molecule has 2 aliphatic rings. The van der Waals surface area contributed by atoms with Gasteiger partial charge in [-0.2, -0.15) is 0 Å². The number of rotatable bonds is 7. The van der Waals surface area contributed by atoms with Gasteiger partial charge in [-0.05, 0) is 31.2 Å². The second kappa shape index (κ2) is 10.2. The molecular weight excluding hydrogens is 434 g/mol. The van der Waals surface area contributed by atoms with Crippen LogP contribution in [0.25, 0.3) is 0 Å². The number of hydrogen-bond acceptors (Lipinski definition) is 6. The lowest BCUT2D eigenvalue weighted by molar-refractivity contribution is -0.125. The molecule has 1 saturated heterocycles. The van der Waals surface area contributed by atoms with Crippen LogP contribution in [0.5, 0.6) is 11.5 Å². The molecule has 8 nitrogen and oxygen atoms in total. The summed E-state index contributed by atoms with van der Waals surface area (Å²) < 4.78 is 16.7. The summed E-state index contributed by atoms with van der Waals surface area (Å²) in [7, 11) is 0. The summed E-state index contributed by atoms with van der Waals surface area (Å²) in [6.45, 7) is 6.04. The minimum atomic E-state index is -0.596. The van der Waals surface area contributed by atoms with E-state index in [1.807, 2.05) is 0 Å². The maximum Gasteiger partial charge on any atom is 0.267 e. The van der Waals surface area contributed by atoms with Gasteiger partial charge in [0.05, 0.1) is 23.9 Å². The number of ether oxygens (including phenoxy) is 3. The van der Waals surface area contributed by atoms with Crippen LogP contribution < -0.4 is 19.7 Å². The van der Waals surface area contributed by atoms with Crippen LogP contribution in [0.4, 0.5) is 11.4 Å². The van der Waals surface area contributed by atoms with E-state index >= 15 is 0 Å². The number of carbonyl (C=O) groups is 2. The Balaban J connectivity index is 1.40. The summed E-state index contributed by atoms with van der Waals surface area (Å²) in [6, 6.07) is 12.2. The molecule has 1 fully saturated rings. The van der Waals surface area contributed by atoms with Gasteiger partial charge in [-0.3, -0.25) is 14.5 Å². The molecule has 2 aliphatic heterocycles. The fourth-order valence-electron chi connectivity index (χ4n) is 3.69. The molecule has 0 aliphatic carbocycles. The van der Waals surface area contributed by atoms with E-state index in [1.165, 1.54) is 0 Å². The van der Waals surface area contributed by atoms with Gasteiger partial charge in [-0.15, -0.1) is 0 Å². The number of hydrogen-bond donors (Lipinski definition) is 1. The highest BCUT2D eigenvalue weighted by Gasteiger charge is 2.32. The number of halogens is 1. The van der Waals surface area contributed by atoms with Gasteiger partial charge in [0, 0.05) is 37.9 Å². The van der Waals surface area contributed by atoms with Crippen LogP contribution in [-0.2, 0) is 14.3 Å². The smallest absolute Gasteiger partial charge is 0.267 e. The van der Waals surface area contributed by atoms with E-state index in [4.69, 9.17) is 25.8 Å². The van der Waals surface area contributed by atoms with Crippen LogP contribution in [0.3, 0.4) is 0 Å². The molecule has 1 atom stereocenters. The SMILES string of the molecule is CC1Oc2cc(NC(=O)COc3ccccc3Cl)ccc2N(CCN2CCOCC2)C1=O. The first-order valence-electron chi connectivity index (χ1n) is 10.6. The number of amides is 2. The summed E-state index contributed by atoms with van der Waals surface area (Å²) >= 11 is 6.05. The van der Waals surface area contributed by atoms with E-state index in [0.29, 0.717) is 47.7 Å². The number of carbonyl (C=O) groups excluding carboxylic acids is 2. The van der Waals surface area contributed by atoms with Gasteiger partial charge in [0.1, 0.15) is 11.5 Å². The quantitative estimate of drug-likeness (QED) is 0.685. The van der Waals surface area contributed by atoms with Crippen LogP contribution in [-0.4, -0.2) is 68.8 Å². The topological polar surface area (TPSA) is 80.3 Å². The normalized spacial score (nSPS) is 18.6. The fourth-order valence-corrected chi connectivity index (χ4v) is 3.88. The van der Waals surface area contributed by atoms with Crippen LogP contribution in [0, 0.1) is 0 Å². The second-order valence-corrected chi connectivity index (χ2v) is 8.06. The van der Waals surface area contributed by atoms with Gasteiger partial charge in [0.2, 0.25) is 0 Å². The van der Waals surface area contributed by atoms with Crippen molar-refractivity contribution in [2.45, 2.75) is 13.0 Å². The Labute approximate surface area is 192 Å². The van der Waals surface area contributed by atoms with E-state index in [1.54, 1.807) is 54.3 Å². The molecule has 4 rings (SSSR count). The highest BCUT2D eigenvalue weighted by molar-refractivity contribution is 6.32. The number of nitrogens with one attached hydrogen (secondary N) is 1. The monoisotopic (exact) mass is 459 g/mol. The summed E-state index contributed by atoms with van der Waals surface area (Å²) in [4.78, 5) is 29.1. The number of benzene rings is 2. The van der Waals surface area contributed by atoms with E-state index < -0.39 is 6.10 Å². The Bertz CT molecular complexity index is 980. The van der Waals surface area contributed by atoms with Crippen molar-refractivity contribution in [3.05, 3.63) is 47.5 Å². The first-order valence-corrected chi connectivity index (χ1v) is 11.0. The minimum Gasteiger partial charge on any atom is -0.482 e. The van der Waals surface area contributed by atoms with Crippen molar-refractivity contribution in [2.24, 2.45) is 0 Å². The molecule has 1 unspecified atom stereocenters. The van der Waals surface area contributed by atoms with Crippen LogP contribution in [0.1, 0.15) is 6.92 Å². The number of anilines is 2. The van der Waals surface area contributed by atoms with Crippen molar-refractivity contribution in [3.63, 3.8) is 0 Å². The van der Waals surface area contributed by atoms with Crippen molar-refractivity contribution in [3.8, 4) is 11.5 Å². The zero-order chi connectivity index (χ0) is 22.5. The molecule has 0 saturated carbocycles. The first kappa shape index (κ1) is 22.4. The van der Waals surface area contributed by atoms with E-state index in [9.17, 15) is 9.59 Å². The van der Waals surface area contributed by atoms with Gasteiger partial charge in [-0.1, -0.05) is 23.7 Å². The molecule has 0 bridgehead atoms. The third-order valence-corrected chi connectivity index (χ3v) is 5.70. The molecule has 2 aromatic rings. The van der Waals surface area contributed by atoms with Gasteiger partial charge >= 0.3 is 0 Å². The van der Waals surface area contributed by atoms with Gasteiger partial charge in [0.25, 0.3) is 11.8 Å². The van der Waals surface area contributed by atoms with Crippen LogP contribution in [0.2, 0.25) is 5.02 Å². The number of nitrogens with zero attached hydrogens (tertiary/aromatic N) is 2. The summed E-state index contributed by atoms with van der Waals surface area (Å²) in [5.74, 6) is 0.606. The standard InChI is InChI=1S/C23H26ClN3O5/c1-16-23(29)27(9-8-26-10-12-30-13-11-26)19-7-6-17(14-21(19)32-16)25-22(28)15-31-20-5-3-2-4-18(20)24/h2-7,14,16H,8-13,15H2,1H3,(H,25,28). The Morgan fingerprint density at radius 1 is 1.19 bits per heavy atom. The lowest BCUT2D eigenvalue weighted by atomic mass is 10.1. The molecule has 170 valence electrons. The lowest BCUT2D eigenvalue weighted by Crippen LogP contribution is -2.48. The van der Waals surface area contributed by atoms with Gasteiger partial charge in [-0.25, -0.2) is 0 Å². The van der Waals surface area contributed by atoms with Gasteiger partial charge in [0.15, 0.2) is 12.7 Å². The Morgan fingerprint density at radius 2 is 1.97 bits per heavy atom. The van der Waals surface area contributed by atoms with Gasteiger partial charge < -0.3 is 24.4 Å². The Hall–Kier alpha value is -2.81. The minimum absolute atomic E-state index is 0.0734. The predicted octanol–water partition coefficient (Wildman–Crippen LogP) is 2.80. The molecule has 1 N–H and O–H groups in total. The number of morpholine rings is 1. The summed E-state index contributed by atoms with van der Waals surface area (Å²) in [5.41, 5.74) is 1.26. The summed E-state index contributed by atoms with van der Waals surface area (Å²) in [5, 5.41) is 3.24. The largest absolute Gasteiger partial charge is 0.482 e. The van der Waals surface area contributed by atoms with E-state index in [2.05, 4.69) is 10.2 Å². The van der Waals surface area contributed by atoms with E-state index in [-0.39, 0.29) is 18.4 Å². The third kappa shape index (κ3) is 5.32. The Kier molecular flexibility index (Phi) is 7.14. The van der Waals surface area contributed by atoms with Crippen molar-refractivity contribution in [1.29, 1.82) is 0 Å².